The van der Waals surface area contributed by atoms with Crippen LogP contribution < -0.4 is 4.74 Å². The molecular weight excluding hydrogens is 507 g/mol. The number of rotatable bonds is 7. The van der Waals surface area contributed by atoms with Gasteiger partial charge in [0.05, 0.1) is 12.8 Å². The van der Waals surface area contributed by atoms with Gasteiger partial charge in [0.1, 0.15) is 5.52 Å². The number of methoxy groups -OCH3 is 1. The lowest BCUT2D eigenvalue weighted by Crippen LogP contribution is -2.49. The van der Waals surface area contributed by atoms with Crippen LogP contribution in [0.4, 0.5) is 4.39 Å². The molecule has 0 atom stereocenters. The van der Waals surface area contributed by atoms with Gasteiger partial charge in [-0.15, -0.1) is 0 Å². The third-order valence-corrected chi connectivity index (χ3v) is 7.77. The van der Waals surface area contributed by atoms with Crippen molar-refractivity contribution >= 4 is 22.8 Å². The number of aromatic nitrogens is 4. The van der Waals surface area contributed by atoms with Gasteiger partial charge in [-0.05, 0) is 62.0 Å². The molecular formula is C27H35FN6O5. The number of esters is 1. The number of halogens is 1. The summed E-state index contributed by atoms with van der Waals surface area (Å²) >= 11 is 0. The molecule has 210 valence electrons. The molecule has 1 aromatic carbocycles. The summed E-state index contributed by atoms with van der Waals surface area (Å²) < 4.78 is 32.4. The summed E-state index contributed by atoms with van der Waals surface area (Å²) in [5.41, 5.74) is 1.03. The number of carbonyl (C=O) groups is 2. The summed E-state index contributed by atoms with van der Waals surface area (Å²) in [6.07, 6.45) is 3.51. The van der Waals surface area contributed by atoms with E-state index in [2.05, 4.69) is 20.1 Å². The molecule has 0 saturated carbocycles. The molecule has 2 aromatic heterocycles. The lowest BCUT2D eigenvalue weighted by molar-refractivity contribution is -0.151. The Hall–Kier alpha value is -3.54. The van der Waals surface area contributed by atoms with Crippen molar-refractivity contribution in [2.75, 3.05) is 39.9 Å². The average Bonchev–Trinajstić information content (AvgIpc) is 3.58. The van der Waals surface area contributed by atoms with Crippen LogP contribution in [0.5, 0.6) is 5.75 Å². The largest absolute Gasteiger partial charge is 0.494 e. The van der Waals surface area contributed by atoms with Crippen LogP contribution in [0.15, 0.2) is 16.7 Å². The molecule has 4 heterocycles. The number of carbonyl (C=O) groups excluding carboxylic acids is 2. The summed E-state index contributed by atoms with van der Waals surface area (Å²) in [5, 5.41) is 9.50. The van der Waals surface area contributed by atoms with Crippen LogP contribution in [0.1, 0.15) is 69.9 Å². The second kappa shape index (κ2) is 11.3. The van der Waals surface area contributed by atoms with E-state index < -0.39 is 11.8 Å². The highest BCUT2D eigenvalue weighted by molar-refractivity contribution is 5.85. The summed E-state index contributed by atoms with van der Waals surface area (Å²) in [7, 11) is 1.43. The van der Waals surface area contributed by atoms with E-state index in [4.69, 9.17) is 14.0 Å². The summed E-state index contributed by atoms with van der Waals surface area (Å²) in [6, 6.07) is 3.83. The van der Waals surface area contributed by atoms with Crippen LogP contribution in [-0.4, -0.2) is 87.5 Å². The lowest BCUT2D eigenvalue weighted by atomic mass is 9.93. The molecule has 0 bridgehead atoms. The highest BCUT2D eigenvalue weighted by Crippen LogP contribution is 2.34. The Kier molecular flexibility index (Phi) is 7.83. The Bertz CT molecular complexity index is 1340. The Morgan fingerprint density at radius 3 is 2.49 bits per heavy atom. The number of hydrogen-bond acceptors (Lipinski definition) is 9. The van der Waals surface area contributed by atoms with Crippen molar-refractivity contribution in [1.29, 1.82) is 0 Å². The molecule has 3 aromatic rings. The van der Waals surface area contributed by atoms with Crippen molar-refractivity contribution in [2.24, 2.45) is 0 Å². The Balaban J connectivity index is 1.23. The zero-order valence-electron chi connectivity index (χ0n) is 22.9. The van der Waals surface area contributed by atoms with Gasteiger partial charge in [-0.1, -0.05) is 13.8 Å². The molecule has 2 saturated heterocycles. The first-order valence-corrected chi connectivity index (χ1v) is 13.5. The number of nitrogens with zero attached hydrogens (tertiary/aromatic N) is 6. The average molecular weight is 543 g/mol. The topological polar surface area (TPSA) is 116 Å². The van der Waals surface area contributed by atoms with E-state index in [1.54, 1.807) is 11.0 Å². The van der Waals surface area contributed by atoms with E-state index >= 15 is 4.39 Å². The minimum atomic E-state index is -0.506. The predicted molar refractivity (Wildman–Crippen MR) is 139 cm³/mol. The lowest BCUT2D eigenvalue weighted by Gasteiger charge is -2.41. The molecule has 0 radical (unpaired) electrons. The van der Waals surface area contributed by atoms with E-state index in [-0.39, 0.29) is 41.6 Å². The minimum Gasteiger partial charge on any atom is -0.494 e. The normalized spacial score (nSPS) is 17.7. The monoisotopic (exact) mass is 542 g/mol. The van der Waals surface area contributed by atoms with Gasteiger partial charge in [-0.25, -0.2) is 4.39 Å². The molecule has 0 aliphatic carbocycles. The smallest absolute Gasteiger partial charge is 0.303 e. The van der Waals surface area contributed by atoms with Crippen LogP contribution in [0, 0.1) is 5.82 Å². The first-order chi connectivity index (χ1) is 18.8. The van der Waals surface area contributed by atoms with Crippen molar-refractivity contribution in [1.82, 2.24) is 29.7 Å². The van der Waals surface area contributed by atoms with E-state index in [0.717, 1.165) is 44.5 Å². The highest BCUT2D eigenvalue weighted by Gasteiger charge is 2.32. The first-order valence-electron chi connectivity index (χ1n) is 13.5. The highest BCUT2D eigenvalue weighted by atomic mass is 19.1. The molecule has 0 unspecified atom stereocenters. The summed E-state index contributed by atoms with van der Waals surface area (Å²) in [4.78, 5) is 32.1. The fraction of sp³-hybridized carbons (Fsp3) is 0.593. The number of hydrogen-bond donors (Lipinski definition) is 0. The summed E-state index contributed by atoms with van der Waals surface area (Å²) in [5.74, 6) is -0.0213. The third kappa shape index (κ3) is 5.47. The van der Waals surface area contributed by atoms with Crippen LogP contribution in [0.2, 0.25) is 0 Å². The number of benzene rings is 1. The van der Waals surface area contributed by atoms with Gasteiger partial charge < -0.3 is 23.8 Å². The van der Waals surface area contributed by atoms with E-state index in [0.29, 0.717) is 30.4 Å². The quantitative estimate of drug-likeness (QED) is 0.414. The maximum atomic E-state index is 15.3. The Morgan fingerprint density at radius 2 is 1.85 bits per heavy atom. The van der Waals surface area contributed by atoms with Crippen LogP contribution in [-0.2, 0) is 14.3 Å². The van der Waals surface area contributed by atoms with Gasteiger partial charge in [0.2, 0.25) is 5.89 Å². The summed E-state index contributed by atoms with van der Waals surface area (Å²) in [6.45, 7) is 8.24. The number of piperidine rings is 2. The number of likely N-dealkylation sites (tertiary alicyclic amines) is 2. The van der Waals surface area contributed by atoms with Crippen LogP contribution >= 0.6 is 0 Å². The van der Waals surface area contributed by atoms with Gasteiger partial charge in [0, 0.05) is 37.4 Å². The maximum Gasteiger partial charge on any atom is 0.303 e. The second-order valence-corrected chi connectivity index (χ2v) is 10.6. The van der Waals surface area contributed by atoms with Crippen molar-refractivity contribution in [3.63, 3.8) is 0 Å². The standard InChI is InChI=1S/C27H35FN6O5/c1-16(2)24-20-5-6-21(37-4)23(28)25(20)34(30-24)27-29-26(39-31-27)18-7-11-32(12-8-18)19-9-13-33(14-10-19)22(36)15-38-17(3)35/h5-6,16,18-19H,7-15H2,1-4H3. The fourth-order valence-electron chi connectivity index (χ4n) is 5.63. The number of amides is 1. The molecule has 0 N–H and O–H groups in total. The van der Waals surface area contributed by atoms with Crippen molar-refractivity contribution < 1.29 is 28.0 Å². The molecule has 2 aliphatic heterocycles. The molecule has 0 spiro atoms. The van der Waals surface area contributed by atoms with E-state index in [9.17, 15) is 9.59 Å². The predicted octanol–water partition coefficient (Wildman–Crippen LogP) is 3.41. The maximum absolute atomic E-state index is 15.3. The fourth-order valence-corrected chi connectivity index (χ4v) is 5.63. The Morgan fingerprint density at radius 1 is 1.13 bits per heavy atom. The molecule has 2 aliphatic rings. The van der Waals surface area contributed by atoms with Gasteiger partial charge >= 0.3 is 5.97 Å². The second-order valence-electron chi connectivity index (χ2n) is 10.6. The molecule has 2 fully saturated rings. The van der Waals surface area contributed by atoms with E-state index in [1.807, 2.05) is 19.9 Å². The molecule has 5 rings (SSSR count). The Labute approximate surface area is 226 Å². The van der Waals surface area contributed by atoms with Crippen molar-refractivity contribution in [3.05, 3.63) is 29.5 Å². The van der Waals surface area contributed by atoms with Gasteiger partial charge in [-0.2, -0.15) is 14.8 Å². The van der Waals surface area contributed by atoms with Gasteiger partial charge in [0.15, 0.2) is 18.2 Å². The first kappa shape index (κ1) is 27.0. The van der Waals surface area contributed by atoms with Gasteiger partial charge in [-0.3, -0.25) is 9.59 Å². The molecule has 39 heavy (non-hydrogen) atoms. The van der Waals surface area contributed by atoms with Crippen LogP contribution in [0.25, 0.3) is 16.9 Å². The molecule has 11 nitrogen and oxygen atoms in total. The number of fused-ring (bicyclic) bond motifs is 1. The molecule has 1 amide bonds. The van der Waals surface area contributed by atoms with E-state index in [1.165, 1.54) is 18.7 Å². The number of ether oxygens (including phenoxy) is 2. The molecule has 12 heteroatoms. The van der Waals surface area contributed by atoms with Crippen LogP contribution in [0.3, 0.4) is 0 Å². The van der Waals surface area contributed by atoms with Crippen molar-refractivity contribution in [3.8, 4) is 11.7 Å². The van der Waals surface area contributed by atoms with Crippen molar-refractivity contribution in [2.45, 2.75) is 64.3 Å². The van der Waals surface area contributed by atoms with Gasteiger partial charge in [0.25, 0.3) is 11.9 Å². The zero-order valence-corrected chi connectivity index (χ0v) is 22.9. The SMILES string of the molecule is COc1ccc2c(C(C)C)nn(-c3noc(C4CCN(C5CCN(C(=O)COC(C)=O)CC5)CC4)n3)c2c1F. The zero-order chi connectivity index (χ0) is 27.7. The minimum absolute atomic E-state index is 0.0797. The third-order valence-electron chi connectivity index (χ3n) is 7.77.